The monoisotopic (exact) mass is 427 g/mol. The number of imide groups is 1. The van der Waals surface area contributed by atoms with Crippen molar-refractivity contribution in [3.8, 4) is 0 Å². The number of amides is 2. The number of aliphatic imine (C=N–C) groups is 1. The smallest absolute Gasteiger partial charge is 0.233 e. The lowest BCUT2D eigenvalue weighted by Gasteiger charge is -2.18. The second-order valence-electron chi connectivity index (χ2n) is 8.97. The lowest BCUT2D eigenvalue weighted by Crippen LogP contribution is -2.40. The van der Waals surface area contributed by atoms with Crippen molar-refractivity contribution >= 4 is 17.8 Å². The molecule has 8 heteroatoms. The Hall–Kier alpha value is -2.64. The van der Waals surface area contributed by atoms with E-state index >= 15 is 0 Å². The van der Waals surface area contributed by atoms with E-state index in [1.54, 1.807) is 0 Å². The number of hydrogen-bond acceptors (Lipinski definition) is 5. The van der Waals surface area contributed by atoms with Crippen molar-refractivity contribution < 1.29 is 14.1 Å². The van der Waals surface area contributed by atoms with Crippen LogP contribution in [0.25, 0.3) is 0 Å². The molecule has 1 aliphatic heterocycles. The Kier molecular flexibility index (Phi) is 6.16. The Balaban J connectivity index is 1.27. The molecule has 2 bridgehead atoms. The number of hydrogen-bond donors (Lipinski definition) is 2. The minimum atomic E-state index is -0.111. The van der Waals surface area contributed by atoms with Gasteiger partial charge in [0.1, 0.15) is 5.76 Å². The molecule has 3 aliphatic rings. The third kappa shape index (κ3) is 4.00. The number of carbonyl (C=O) groups excluding carboxylic acids is 2. The number of fused-ring (bicyclic) bond motifs is 5. The predicted octanol–water partition coefficient (Wildman–Crippen LogP) is 2.15. The highest BCUT2D eigenvalue weighted by molar-refractivity contribution is 6.06. The molecule has 1 aromatic rings. The molecule has 0 aromatic carbocycles. The summed E-state index contributed by atoms with van der Waals surface area (Å²) < 4.78 is 5.27. The summed E-state index contributed by atoms with van der Waals surface area (Å²) in [6.45, 7) is 10.5. The van der Waals surface area contributed by atoms with Gasteiger partial charge in [-0.3, -0.25) is 19.5 Å². The van der Waals surface area contributed by atoms with E-state index in [2.05, 4.69) is 34.9 Å². The van der Waals surface area contributed by atoms with Gasteiger partial charge in [-0.15, -0.1) is 0 Å². The number of allylic oxidation sites excluding steroid dienone is 2. The first-order chi connectivity index (χ1) is 14.9. The average Bonchev–Trinajstić information content (AvgIpc) is 3.49. The third-order valence-corrected chi connectivity index (χ3v) is 6.86. The van der Waals surface area contributed by atoms with Crippen LogP contribution in [0.15, 0.2) is 21.7 Å². The van der Waals surface area contributed by atoms with Crippen LogP contribution in [0.4, 0.5) is 0 Å². The van der Waals surface area contributed by atoms with Crippen LogP contribution in [-0.2, 0) is 9.59 Å². The number of rotatable bonds is 8. The fourth-order valence-electron chi connectivity index (χ4n) is 5.48. The Morgan fingerprint density at radius 2 is 1.90 bits per heavy atom. The molecular weight excluding hydrogens is 394 g/mol. The molecule has 1 saturated heterocycles. The number of carbonyl (C=O) groups is 2. The van der Waals surface area contributed by atoms with Gasteiger partial charge in [0.15, 0.2) is 5.96 Å². The number of nitrogens with one attached hydrogen (secondary N) is 2. The van der Waals surface area contributed by atoms with E-state index in [0.717, 1.165) is 35.9 Å². The zero-order valence-corrected chi connectivity index (χ0v) is 18.9. The fourth-order valence-corrected chi connectivity index (χ4v) is 5.48. The highest BCUT2D eigenvalue weighted by atomic mass is 16.5. The van der Waals surface area contributed by atoms with Crippen molar-refractivity contribution in [3.05, 3.63) is 29.2 Å². The van der Waals surface area contributed by atoms with Gasteiger partial charge in [-0.25, -0.2) is 0 Å². The van der Waals surface area contributed by atoms with Gasteiger partial charge >= 0.3 is 0 Å². The quantitative estimate of drug-likeness (QED) is 0.217. The average molecular weight is 428 g/mol. The van der Waals surface area contributed by atoms with Crippen LogP contribution in [-0.4, -0.2) is 54.0 Å². The molecule has 8 nitrogen and oxygen atoms in total. The van der Waals surface area contributed by atoms with Gasteiger partial charge in [0, 0.05) is 37.7 Å². The van der Waals surface area contributed by atoms with Gasteiger partial charge in [0.05, 0.1) is 17.5 Å². The summed E-state index contributed by atoms with van der Waals surface area (Å²) in [7, 11) is 0. The van der Waals surface area contributed by atoms with Crippen molar-refractivity contribution in [3.63, 3.8) is 0 Å². The van der Waals surface area contributed by atoms with E-state index in [0.29, 0.717) is 26.1 Å². The first-order valence-corrected chi connectivity index (χ1v) is 11.4. The molecule has 2 fully saturated rings. The minimum Gasteiger partial charge on any atom is -0.361 e. The van der Waals surface area contributed by atoms with Crippen molar-refractivity contribution in [2.75, 3.05) is 26.2 Å². The molecule has 5 atom stereocenters. The van der Waals surface area contributed by atoms with Gasteiger partial charge in [0.2, 0.25) is 11.8 Å². The van der Waals surface area contributed by atoms with Crippen LogP contribution in [0.2, 0.25) is 0 Å². The normalized spacial score (nSPS) is 27.9. The summed E-state index contributed by atoms with van der Waals surface area (Å²) >= 11 is 0. The zero-order valence-electron chi connectivity index (χ0n) is 18.9. The van der Waals surface area contributed by atoms with E-state index in [1.807, 2.05) is 20.8 Å². The maximum Gasteiger partial charge on any atom is 0.233 e. The molecule has 2 amide bonds. The highest BCUT2D eigenvalue weighted by Gasteiger charge is 2.58. The van der Waals surface area contributed by atoms with E-state index in [1.165, 1.54) is 4.90 Å². The Morgan fingerprint density at radius 1 is 1.23 bits per heavy atom. The van der Waals surface area contributed by atoms with Crippen molar-refractivity contribution in [2.24, 2.45) is 28.7 Å². The largest absolute Gasteiger partial charge is 0.361 e. The van der Waals surface area contributed by atoms with Gasteiger partial charge in [-0.05, 0) is 45.4 Å². The highest BCUT2D eigenvalue weighted by Crippen LogP contribution is 2.52. The van der Waals surface area contributed by atoms with Crippen LogP contribution in [0.3, 0.4) is 0 Å². The summed E-state index contributed by atoms with van der Waals surface area (Å²) in [6.07, 6.45) is 5.93. The van der Waals surface area contributed by atoms with Gasteiger partial charge in [0.25, 0.3) is 0 Å². The van der Waals surface area contributed by atoms with Crippen LogP contribution < -0.4 is 10.6 Å². The van der Waals surface area contributed by atoms with E-state index < -0.39 is 0 Å². The molecule has 2 aliphatic carbocycles. The third-order valence-electron chi connectivity index (χ3n) is 6.86. The maximum atomic E-state index is 12.8. The Bertz CT molecular complexity index is 856. The first-order valence-electron chi connectivity index (χ1n) is 11.4. The SMILES string of the molecule is CCNC(=NCC(C)c1c(C)noc1C)NCCCN1C(=O)C2C3C=CC(C3)C2C1=O. The number of likely N-dealkylation sites (tertiary alicyclic amines) is 1. The molecule has 168 valence electrons. The summed E-state index contributed by atoms with van der Waals surface area (Å²) in [5.74, 6) is 2.14. The molecule has 4 rings (SSSR count). The van der Waals surface area contributed by atoms with Gasteiger partial charge < -0.3 is 15.2 Å². The van der Waals surface area contributed by atoms with Crippen molar-refractivity contribution in [2.45, 2.75) is 46.5 Å². The second-order valence-corrected chi connectivity index (χ2v) is 8.97. The molecule has 0 radical (unpaired) electrons. The standard InChI is InChI=1S/C23H33N5O3/c1-5-24-23(26-12-13(2)18-14(3)27-31-15(18)4)25-9-6-10-28-21(29)19-16-7-8-17(11-16)20(19)22(28)30/h7-8,13,16-17,19-20H,5-6,9-12H2,1-4H3,(H2,24,25,26). The van der Waals surface area contributed by atoms with Gasteiger partial charge in [-0.1, -0.05) is 24.2 Å². The molecular formula is C23H33N5O3. The van der Waals surface area contributed by atoms with E-state index in [-0.39, 0.29) is 41.4 Å². The lowest BCUT2D eigenvalue weighted by atomic mass is 9.85. The minimum absolute atomic E-state index is 0.0284. The molecule has 31 heavy (non-hydrogen) atoms. The Morgan fingerprint density at radius 3 is 2.48 bits per heavy atom. The molecule has 1 saturated carbocycles. The fraction of sp³-hybridized carbons (Fsp3) is 0.652. The van der Waals surface area contributed by atoms with Crippen molar-refractivity contribution in [1.82, 2.24) is 20.7 Å². The van der Waals surface area contributed by atoms with Crippen LogP contribution in [0.1, 0.15) is 49.6 Å². The topological polar surface area (TPSA) is 99.8 Å². The van der Waals surface area contributed by atoms with Crippen molar-refractivity contribution in [1.29, 1.82) is 0 Å². The number of aryl methyl sites for hydroxylation is 2. The zero-order chi connectivity index (χ0) is 22.1. The summed E-state index contributed by atoms with van der Waals surface area (Å²) in [5, 5.41) is 10.6. The maximum absolute atomic E-state index is 12.8. The van der Waals surface area contributed by atoms with Crippen LogP contribution >= 0.6 is 0 Å². The predicted molar refractivity (Wildman–Crippen MR) is 117 cm³/mol. The van der Waals surface area contributed by atoms with Crippen LogP contribution in [0, 0.1) is 37.5 Å². The van der Waals surface area contributed by atoms with E-state index in [9.17, 15) is 9.59 Å². The lowest BCUT2D eigenvalue weighted by molar-refractivity contribution is -0.140. The number of aromatic nitrogens is 1. The van der Waals surface area contributed by atoms with E-state index in [4.69, 9.17) is 9.52 Å². The van der Waals surface area contributed by atoms with Gasteiger partial charge in [-0.2, -0.15) is 0 Å². The first kappa shape index (κ1) is 21.6. The van der Waals surface area contributed by atoms with Crippen LogP contribution in [0.5, 0.6) is 0 Å². The molecule has 2 heterocycles. The molecule has 5 unspecified atom stereocenters. The second kappa shape index (κ2) is 8.85. The number of guanidine groups is 1. The Labute approximate surface area is 183 Å². The molecule has 2 N–H and O–H groups in total. The summed E-state index contributed by atoms with van der Waals surface area (Å²) in [5.41, 5.74) is 2.02. The number of nitrogens with zero attached hydrogens (tertiary/aromatic N) is 3. The molecule has 0 spiro atoms. The summed E-state index contributed by atoms with van der Waals surface area (Å²) in [4.78, 5) is 31.7. The molecule has 1 aromatic heterocycles. The summed E-state index contributed by atoms with van der Waals surface area (Å²) in [6, 6.07) is 0.